The molecule has 1 atom stereocenters. The molecule has 0 aliphatic carbocycles. The second-order valence-electron chi connectivity index (χ2n) is 7.59. The van der Waals surface area contributed by atoms with Crippen molar-refractivity contribution < 1.29 is 14.0 Å². The number of carbonyl (C=O) groups excluding carboxylic acids is 2. The molecular formula is C23H28BrFN2O2S. The molecule has 0 heterocycles. The third-order valence-corrected chi connectivity index (χ3v) is 5.98. The Bertz CT molecular complexity index is 845. The molecule has 7 heteroatoms. The van der Waals surface area contributed by atoms with Crippen LogP contribution in [0.2, 0.25) is 0 Å². The predicted octanol–water partition coefficient (Wildman–Crippen LogP) is 5.01. The van der Waals surface area contributed by atoms with E-state index in [1.54, 1.807) is 24.0 Å². The fourth-order valence-electron chi connectivity index (χ4n) is 2.79. The van der Waals surface area contributed by atoms with Crippen LogP contribution in [0.5, 0.6) is 0 Å². The van der Waals surface area contributed by atoms with Crippen molar-refractivity contribution in [1.82, 2.24) is 10.2 Å². The van der Waals surface area contributed by atoms with E-state index in [4.69, 9.17) is 0 Å². The van der Waals surface area contributed by atoms with Gasteiger partial charge >= 0.3 is 0 Å². The highest BCUT2D eigenvalue weighted by Crippen LogP contribution is 2.18. The highest BCUT2D eigenvalue weighted by molar-refractivity contribution is 9.10. The second kappa shape index (κ2) is 12.1. The van der Waals surface area contributed by atoms with Crippen LogP contribution in [-0.4, -0.2) is 35.1 Å². The number of nitrogens with zero attached hydrogens (tertiary/aromatic N) is 1. The SMILES string of the molecule is CC(C)CNC(=O)[C@@H](C)N(Cc1cccc(Br)c1)C(=O)CSCc1ccc(F)cc1. The van der Waals surface area contributed by atoms with Gasteiger partial charge in [0.2, 0.25) is 11.8 Å². The minimum atomic E-state index is -0.582. The first-order valence-electron chi connectivity index (χ1n) is 9.90. The highest BCUT2D eigenvalue weighted by atomic mass is 79.9. The van der Waals surface area contributed by atoms with Gasteiger partial charge < -0.3 is 10.2 Å². The molecule has 0 bridgehead atoms. The molecule has 30 heavy (non-hydrogen) atoms. The Morgan fingerprint density at radius 3 is 2.43 bits per heavy atom. The molecule has 0 aromatic heterocycles. The highest BCUT2D eigenvalue weighted by Gasteiger charge is 2.26. The number of benzene rings is 2. The van der Waals surface area contributed by atoms with Gasteiger partial charge in [0.05, 0.1) is 5.75 Å². The zero-order chi connectivity index (χ0) is 22.1. The van der Waals surface area contributed by atoms with Crippen molar-refractivity contribution in [3.63, 3.8) is 0 Å². The van der Waals surface area contributed by atoms with Crippen LogP contribution in [0.25, 0.3) is 0 Å². The van der Waals surface area contributed by atoms with Crippen molar-refractivity contribution in [1.29, 1.82) is 0 Å². The van der Waals surface area contributed by atoms with Crippen LogP contribution in [0.1, 0.15) is 31.9 Å². The van der Waals surface area contributed by atoms with Crippen LogP contribution in [0.4, 0.5) is 4.39 Å². The average molecular weight is 495 g/mol. The number of hydrogen-bond donors (Lipinski definition) is 1. The monoisotopic (exact) mass is 494 g/mol. The summed E-state index contributed by atoms with van der Waals surface area (Å²) in [6, 6.07) is 13.4. The second-order valence-corrected chi connectivity index (χ2v) is 9.49. The lowest BCUT2D eigenvalue weighted by Crippen LogP contribution is -2.48. The first kappa shape index (κ1) is 24.4. The third-order valence-electron chi connectivity index (χ3n) is 4.50. The van der Waals surface area contributed by atoms with Crippen molar-refractivity contribution >= 4 is 39.5 Å². The van der Waals surface area contributed by atoms with E-state index < -0.39 is 6.04 Å². The molecule has 0 radical (unpaired) electrons. The maximum atomic E-state index is 13.0. The Kier molecular flexibility index (Phi) is 9.85. The van der Waals surface area contributed by atoms with Gasteiger partial charge in [0.25, 0.3) is 0 Å². The van der Waals surface area contributed by atoms with Gasteiger partial charge in [-0.25, -0.2) is 4.39 Å². The van der Waals surface area contributed by atoms with Gasteiger partial charge in [-0.15, -0.1) is 11.8 Å². The molecule has 0 unspecified atom stereocenters. The molecule has 2 amide bonds. The number of hydrogen-bond acceptors (Lipinski definition) is 3. The van der Waals surface area contributed by atoms with Crippen LogP contribution >= 0.6 is 27.7 Å². The van der Waals surface area contributed by atoms with Crippen LogP contribution in [0.15, 0.2) is 53.0 Å². The number of thioether (sulfide) groups is 1. The molecule has 4 nitrogen and oxygen atoms in total. The first-order chi connectivity index (χ1) is 14.3. The largest absolute Gasteiger partial charge is 0.354 e. The van der Waals surface area contributed by atoms with Gasteiger partial charge in [0.1, 0.15) is 11.9 Å². The summed E-state index contributed by atoms with van der Waals surface area (Å²) in [5.74, 6) is 0.644. The maximum absolute atomic E-state index is 13.0. The van der Waals surface area contributed by atoms with Crippen LogP contribution in [0, 0.1) is 11.7 Å². The average Bonchev–Trinajstić information content (AvgIpc) is 2.71. The first-order valence-corrected chi connectivity index (χ1v) is 11.8. The number of halogens is 2. The summed E-state index contributed by atoms with van der Waals surface area (Å²) in [6.07, 6.45) is 0. The van der Waals surface area contributed by atoms with E-state index in [1.165, 1.54) is 23.9 Å². The molecule has 2 rings (SSSR count). The summed E-state index contributed by atoms with van der Waals surface area (Å²) in [5, 5.41) is 2.92. The Morgan fingerprint density at radius 1 is 1.10 bits per heavy atom. The molecule has 2 aromatic rings. The molecule has 0 saturated heterocycles. The van der Waals surface area contributed by atoms with Gasteiger partial charge in [0.15, 0.2) is 0 Å². The fraction of sp³-hybridized carbons (Fsp3) is 0.391. The fourth-order valence-corrected chi connectivity index (χ4v) is 4.10. The molecule has 0 fully saturated rings. The van der Waals surface area contributed by atoms with Crippen molar-refractivity contribution in [2.45, 2.75) is 39.1 Å². The van der Waals surface area contributed by atoms with Gasteiger partial charge in [-0.2, -0.15) is 0 Å². The lowest BCUT2D eigenvalue weighted by molar-refractivity contribution is -0.138. The molecular weight excluding hydrogens is 467 g/mol. The number of nitrogens with one attached hydrogen (secondary N) is 1. The Labute approximate surface area is 190 Å². The Balaban J connectivity index is 2.05. The zero-order valence-electron chi connectivity index (χ0n) is 17.5. The van der Waals surface area contributed by atoms with E-state index in [-0.39, 0.29) is 23.4 Å². The minimum absolute atomic E-state index is 0.103. The van der Waals surface area contributed by atoms with Crippen LogP contribution in [0.3, 0.4) is 0 Å². The molecule has 162 valence electrons. The minimum Gasteiger partial charge on any atom is -0.354 e. The van der Waals surface area contributed by atoms with Crippen molar-refractivity contribution in [3.8, 4) is 0 Å². The van der Waals surface area contributed by atoms with Crippen LogP contribution < -0.4 is 5.32 Å². The standard InChI is InChI=1S/C23H28BrFN2O2S/c1-16(2)12-26-23(29)17(3)27(13-19-5-4-6-20(24)11-19)22(28)15-30-14-18-7-9-21(25)10-8-18/h4-11,16-17H,12-15H2,1-3H3,(H,26,29)/t17-/m1/s1. The molecule has 2 aromatic carbocycles. The van der Waals surface area contributed by atoms with E-state index in [0.29, 0.717) is 24.8 Å². The summed E-state index contributed by atoms with van der Waals surface area (Å²) in [7, 11) is 0. The number of rotatable bonds is 10. The normalized spacial score (nSPS) is 11.9. The van der Waals surface area contributed by atoms with E-state index in [9.17, 15) is 14.0 Å². The summed E-state index contributed by atoms with van der Waals surface area (Å²) in [6.45, 7) is 6.74. The summed E-state index contributed by atoms with van der Waals surface area (Å²) >= 11 is 4.91. The van der Waals surface area contributed by atoms with Crippen molar-refractivity contribution in [3.05, 3.63) is 69.9 Å². The smallest absolute Gasteiger partial charge is 0.242 e. The van der Waals surface area contributed by atoms with Gasteiger partial charge in [-0.1, -0.05) is 54.0 Å². The summed E-state index contributed by atoms with van der Waals surface area (Å²) < 4.78 is 14.0. The van der Waals surface area contributed by atoms with Crippen molar-refractivity contribution in [2.24, 2.45) is 5.92 Å². The molecule has 1 N–H and O–H groups in total. The number of carbonyl (C=O) groups is 2. The maximum Gasteiger partial charge on any atom is 0.242 e. The lowest BCUT2D eigenvalue weighted by Gasteiger charge is -2.29. The molecule has 0 aliphatic heterocycles. The third kappa shape index (κ3) is 8.11. The van der Waals surface area contributed by atoms with E-state index >= 15 is 0 Å². The van der Waals surface area contributed by atoms with E-state index in [2.05, 4.69) is 21.2 Å². The molecule has 0 spiro atoms. The Morgan fingerprint density at radius 2 is 1.80 bits per heavy atom. The van der Waals surface area contributed by atoms with Crippen molar-refractivity contribution in [2.75, 3.05) is 12.3 Å². The topological polar surface area (TPSA) is 49.4 Å². The number of amides is 2. The van der Waals surface area contributed by atoms with Crippen LogP contribution in [-0.2, 0) is 21.9 Å². The quantitative estimate of drug-likeness (QED) is 0.504. The predicted molar refractivity (Wildman–Crippen MR) is 125 cm³/mol. The van der Waals surface area contributed by atoms with Gasteiger partial charge in [0, 0.05) is 23.3 Å². The molecule has 0 saturated carbocycles. The summed E-state index contributed by atoms with van der Waals surface area (Å²) in [4.78, 5) is 27.3. The molecule has 0 aliphatic rings. The van der Waals surface area contributed by atoms with Gasteiger partial charge in [-0.3, -0.25) is 9.59 Å². The summed E-state index contributed by atoms with van der Waals surface area (Å²) in [5.41, 5.74) is 1.90. The van der Waals surface area contributed by atoms with Gasteiger partial charge in [-0.05, 0) is 48.2 Å². The Hall–Kier alpha value is -1.86. The van der Waals surface area contributed by atoms with E-state index in [1.807, 2.05) is 38.1 Å². The lowest BCUT2D eigenvalue weighted by atomic mass is 10.1. The van der Waals surface area contributed by atoms with E-state index in [0.717, 1.165) is 15.6 Å². The zero-order valence-corrected chi connectivity index (χ0v) is 19.9.